The van der Waals surface area contributed by atoms with E-state index in [1.54, 1.807) is 13.8 Å². The predicted molar refractivity (Wildman–Crippen MR) is 67.1 cm³/mol. The lowest BCUT2D eigenvalue weighted by Crippen LogP contribution is -2.80. The molecule has 5 heteroatoms. The molecule has 0 aromatic rings. The number of nitrogens with one attached hydrogen (secondary N) is 1. The Morgan fingerprint density at radius 3 is 2.47 bits per heavy atom. The van der Waals surface area contributed by atoms with E-state index in [4.69, 9.17) is 4.74 Å². The van der Waals surface area contributed by atoms with Crippen LogP contribution in [0.15, 0.2) is 0 Å². The average molecular weight is 267 g/mol. The van der Waals surface area contributed by atoms with Gasteiger partial charge in [-0.2, -0.15) is 0 Å². The summed E-state index contributed by atoms with van der Waals surface area (Å²) in [7, 11) is 0. The number of aliphatic hydroxyl groups is 1. The summed E-state index contributed by atoms with van der Waals surface area (Å²) in [5.41, 5.74) is -2.12. The van der Waals surface area contributed by atoms with Crippen molar-refractivity contribution >= 4 is 11.9 Å². The molecule has 0 aromatic heterocycles. The fourth-order valence-electron chi connectivity index (χ4n) is 3.96. The van der Waals surface area contributed by atoms with E-state index in [2.05, 4.69) is 5.32 Å². The highest BCUT2D eigenvalue weighted by Crippen LogP contribution is 2.52. The Morgan fingerprint density at radius 2 is 1.95 bits per heavy atom. The van der Waals surface area contributed by atoms with Gasteiger partial charge in [0.2, 0.25) is 11.4 Å². The number of esters is 1. The number of hydrogen-bond acceptors (Lipinski definition) is 4. The third kappa shape index (κ3) is 1.39. The minimum atomic E-state index is -1.22. The molecule has 19 heavy (non-hydrogen) atoms. The summed E-state index contributed by atoms with van der Waals surface area (Å²) < 4.78 is 5.27. The van der Waals surface area contributed by atoms with Crippen LogP contribution < -0.4 is 5.32 Å². The summed E-state index contributed by atoms with van der Waals surface area (Å²) in [5.74, 6) is -1.02. The minimum absolute atomic E-state index is 0.0755. The molecule has 3 fully saturated rings. The third-order valence-electron chi connectivity index (χ3n) is 5.49. The van der Waals surface area contributed by atoms with Gasteiger partial charge in [0.15, 0.2) is 5.60 Å². The Kier molecular flexibility index (Phi) is 2.68. The molecule has 5 nitrogen and oxygen atoms in total. The lowest BCUT2D eigenvalue weighted by atomic mass is 9.64. The van der Waals surface area contributed by atoms with Crippen LogP contribution in [0.4, 0.5) is 0 Å². The molecule has 2 aliphatic heterocycles. The number of rotatable bonds is 2. The molecule has 0 bridgehead atoms. The van der Waals surface area contributed by atoms with Gasteiger partial charge in [-0.3, -0.25) is 4.79 Å². The number of fused-ring (bicyclic) bond motifs is 1. The standard InChI is InChI=1S/C14H21NO4/c1-8-11(17)15-14(12(18)19-13(8,14)2)10(16)9-6-4-3-5-7-9/h8-10,16H,3-7H2,1-2H3,(H,15,17)/t8?,10-,13-,14-/m0/s1. The second kappa shape index (κ2) is 3.95. The smallest absolute Gasteiger partial charge is 0.339 e. The molecule has 0 radical (unpaired) electrons. The topological polar surface area (TPSA) is 75.6 Å². The first-order valence-corrected chi connectivity index (χ1v) is 7.17. The number of carbonyl (C=O) groups is 2. The summed E-state index contributed by atoms with van der Waals surface area (Å²) in [6, 6.07) is 0. The van der Waals surface area contributed by atoms with Crippen molar-refractivity contribution < 1.29 is 19.4 Å². The zero-order chi connectivity index (χ0) is 13.8. The molecule has 1 saturated carbocycles. The quantitative estimate of drug-likeness (QED) is 0.724. The molecule has 2 heterocycles. The van der Waals surface area contributed by atoms with Crippen molar-refractivity contribution in [3.63, 3.8) is 0 Å². The third-order valence-corrected chi connectivity index (χ3v) is 5.49. The molecule has 106 valence electrons. The molecule has 2 N–H and O–H groups in total. The normalized spacial score (nSPS) is 44.1. The van der Waals surface area contributed by atoms with Gasteiger partial charge < -0.3 is 15.2 Å². The highest BCUT2D eigenvalue weighted by molar-refractivity contribution is 6.01. The van der Waals surface area contributed by atoms with Crippen LogP contribution in [0, 0.1) is 11.8 Å². The summed E-state index contributed by atoms with van der Waals surface area (Å²) in [6.45, 7) is 3.50. The molecule has 0 aromatic carbocycles. The molecule has 2 saturated heterocycles. The molecule has 0 spiro atoms. The van der Waals surface area contributed by atoms with Crippen LogP contribution in [0.3, 0.4) is 0 Å². The van der Waals surface area contributed by atoms with Gasteiger partial charge in [0, 0.05) is 0 Å². The first kappa shape index (κ1) is 12.9. The number of hydrogen-bond donors (Lipinski definition) is 2. The van der Waals surface area contributed by atoms with Gasteiger partial charge in [-0.05, 0) is 32.6 Å². The van der Waals surface area contributed by atoms with Crippen molar-refractivity contribution in [1.29, 1.82) is 0 Å². The van der Waals surface area contributed by atoms with Crippen LogP contribution in [0.2, 0.25) is 0 Å². The first-order chi connectivity index (χ1) is 8.93. The fraction of sp³-hybridized carbons (Fsp3) is 0.857. The van der Waals surface area contributed by atoms with E-state index < -0.39 is 29.1 Å². The highest BCUT2D eigenvalue weighted by Gasteiger charge is 2.78. The Balaban J connectivity index is 1.92. The zero-order valence-electron chi connectivity index (χ0n) is 11.4. The van der Waals surface area contributed by atoms with E-state index in [1.807, 2.05) is 0 Å². The van der Waals surface area contributed by atoms with Crippen LogP contribution in [0.5, 0.6) is 0 Å². The average Bonchev–Trinajstić information content (AvgIpc) is 2.57. The molecule has 4 atom stereocenters. The monoisotopic (exact) mass is 267 g/mol. The van der Waals surface area contributed by atoms with Gasteiger partial charge >= 0.3 is 5.97 Å². The number of amides is 1. The van der Waals surface area contributed by atoms with E-state index in [0.29, 0.717) is 0 Å². The van der Waals surface area contributed by atoms with Gasteiger partial charge in [0.1, 0.15) is 0 Å². The Bertz CT molecular complexity index is 431. The summed E-state index contributed by atoms with van der Waals surface area (Å²) in [5, 5.41) is 13.5. The van der Waals surface area contributed by atoms with Crippen molar-refractivity contribution in [1.82, 2.24) is 5.32 Å². The van der Waals surface area contributed by atoms with Crippen molar-refractivity contribution in [3.8, 4) is 0 Å². The maximum Gasteiger partial charge on any atom is 0.339 e. The second-order valence-corrected chi connectivity index (χ2v) is 6.36. The van der Waals surface area contributed by atoms with Crippen molar-refractivity contribution in [2.45, 2.75) is 63.2 Å². The van der Waals surface area contributed by atoms with Crippen LogP contribution in [-0.4, -0.2) is 34.2 Å². The number of carbonyl (C=O) groups excluding carboxylic acids is 2. The van der Waals surface area contributed by atoms with Crippen LogP contribution >= 0.6 is 0 Å². The van der Waals surface area contributed by atoms with E-state index in [1.165, 1.54) is 6.42 Å². The van der Waals surface area contributed by atoms with Gasteiger partial charge in [0.25, 0.3) is 0 Å². The van der Waals surface area contributed by atoms with E-state index in [9.17, 15) is 14.7 Å². The number of aliphatic hydroxyl groups excluding tert-OH is 1. The summed E-state index contributed by atoms with van der Waals surface area (Å²) >= 11 is 0. The Morgan fingerprint density at radius 1 is 1.32 bits per heavy atom. The summed E-state index contributed by atoms with van der Waals surface area (Å²) in [6.07, 6.45) is 4.32. The molecular weight excluding hydrogens is 246 g/mol. The SMILES string of the molecule is CC1C(=O)N[C@@]2([C@@H](O)C3CCCCC3)C(=O)O[C@@]12C. The molecule has 3 aliphatic rings. The maximum absolute atomic E-state index is 12.0. The van der Waals surface area contributed by atoms with Crippen molar-refractivity contribution in [2.75, 3.05) is 0 Å². The molecule has 1 unspecified atom stereocenters. The molecule has 1 amide bonds. The van der Waals surface area contributed by atoms with Crippen LogP contribution in [0.1, 0.15) is 46.0 Å². The van der Waals surface area contributed by atoms with Crippen molar-refractivity contribution in [3.05, 3.63) is 0 Å². The van der Waals surface area contributed by atoms with E-state index in [0.717, 1.165) is 25.7 Å². The predicted octanol–water partition coefficient (Wildman–Crippen LogP) is 0.748. The molecular formula is C14H21NO4. The molecule has 3 rings (SSSR count). The largest absolute Gasteiger partial charge is 0.453 e. The van der Waals surface area contributed by atoms with Gasteiger partial charge in [-0.25, -0.2) is 4.79 Å². The molecule has 1 aliphatic carbocycles. The van der Waals surface area contributed by atoms with Crippen LogP contribution in [-0.2, 0) is 14.3 Å². The Hall–Kier alpha value is -1.10. The maximum atomic E-state index is 12.0. The second-order valence-electron chi connectivity index (χ2n) is 6.36. The van der Waals surface area contributed by atoms with E-state index >= 15 is 0 Å². The minimum Gasteiger partial charge on any atom is -0.453 e. The zero-order valence-corrected chi connectivity index (χ0v) is 11.4. The fourth-order valence-corrected chi connectivity index (χ4v) is 3.96. The highest BCUT2D eigenvalue weighted by atomic mass is 16.6. The van der Waals surface area contributed by atoms with Crippen molar-refractivity contribution in [2.24, 2.45) is 11.8 Å². The van der Waals surface area contributed by atoms with Gasteiger partial charge in [-0.15, -0.1) is 0 Å². The first-order valence-electron chi connectivity index (χ1n) is 7.17. The Labute approximate surface area is 112 Å². The van der Waals surface area contributed by atoms with Gasteiger partial charge in [0.05, 0.1) is 12.0 Å². The summed E-state index contributed by atoms with van der Waals surface area (Å²) in [4.78, 5) is 23.9. The number of ether oxygens (including phenoxy) is 1. The van der Waals surface area contributed by atoms with Gasteiger partial charge in [-0.1, -0.05) is 19.3 Å². The lowest BCUT2D eigenvalue weighted by molar-refractivity contribution is -0.238. The van der Waals surface area contributed by atoms with E-state index in [-0.39, 0.29) is 11.8 Å². The van der Waals surface area contributed by atoms with Crippen LogP contribution in [0.25, 0.3) is 0 Å². The lowest BCUT2D eigenvalue weighted by Gasteiger charge is -2.54.